The Morgan fingerprint density at radius 1 is 1.29 bits per heavy atom. The van der Waals surface area contributed by atoms with Gasteiger partial charge in [0.15, 0.2) is 5.82 Å². The first-order chi connectivity index (χ1) is 13.4. The fourth-order valence-corrected chi connectivity index (χ4v) is 3.49. The molecule has 0 radical (unpaired) electrons. The van der Waals surface area contributed by atoms with Gasteiger partial charge in [-0.1, -0.05) is 39.3 Å². The third-order valence-electron chi connectivity index (χ3n) is 3.45. The van der Waals surface area contributed by atoms with Crippen LogP contribution in [-0.2, 0) is 11.4 Å². The maximum Gasteiger partial charge on any atom is 0.234 e. The third kappa shape index (κ3) is 5.37. The highest BCUT2D eigenvalue weighted by atomic mass is 79.9. The lowest BCUT2D eigenvalue weighted by atomic mass is 10.3. The number of aromatic nitrogens is 3. The van der Waals surface area contributed by atoms with Crippen LogP contribution in [0.2, 0.25) is 5.02 Å². The maximum atomic E-state index is 12.9. The van der Waals surface area contributed by atoms with E-state index in [9.17, 15) is 9.18 Å². The van der Waals surface area contributed by atoms with Gasteiger partial charge in [-0.25, -0.2) is 9.07 Å². The molecule has 0 bridgehead atoms. The molecular formula is C17H14BrClFN5O2S. The number of carbonyl (C=O) groups is 1. The molecule has 3 aromatic rings. The molecule has 0 aliphatic carbocycles. The molecule has 1 amide bonds. The first-order valence-corrected chi connectivity index (χ1v) is 10.0. The zero-order chi connectivity index (χ0) is 20.1. The van der Waals surface area contributed by atoms with Gasteiger partial charge in [-0.3, -0.25) is 4.79 Å². The molecule has 3 rings (SSSR count). The molecule has 3 N–H and O–H groups in total. The normalized spacial score (nSPS) is 10.7. The predicted molar refractivity (Wildman–Crippen MR) is 109 cm³/mol. The zero-order valence-corrected chi connectivity index (χ0v) is 17.4. The summed E-state index contributed by atoms with van der Waals surface area (Å²) in [4.78, 5) is 12.1. The molecule has 1 aromatic heterocycles. The van der Waals surface area contributed by atoms with E-state index >= 15 is 0 Å². The van der Waals surface area contributed by atoms with E-state index in [2.05, 4.69) is 31.4 Å². The van der Waals surface area contributed by atoms with Gasteiger partial charge >= 0.3 is 0 Å². The Morgan fingerprint density at radius 3 is 2.75 bits per heavy atom. The number of nitrogens with zero attached hydrogens (tertiary/aromatic N) is 3. The minimum Gasteiger partial charge on any atom is -0.486 e. The van der Waals surface area contributed by atoms with Crippen LogP contribution in [-0.4, -0.2) is 26.5 Å². The van der Waals surface area contributed by atoms with Crippen LogP contribution in [0.4, 0.5) is 10.1 Å². The molecule has 0 spiro atoms. The number of carbonyl (C=O) groups excluding carboxylic acids is 1. The van der Waals surface area contributed by atoms with Crippen LogP contribution < -0.4 is 15.9 Å². The molecule has 1 heterocycles. The number of benzene rings is 2. The van der Waals surface area contributed by atoms with Crippen LogP contribution in [0.3, 0.4) is 0 Å². The first-order valence-electron chi connectivity index (χ1n) is 7.88. The third-order valence-corrected chi connectivity index (χ3v) is 5.20. The molecule has 0 saturated carbocycles. The number of amides is 1. The lowest BCUT2D eigenvalue weighted by Gasteiger charge is -2.08. The van der Waals surface area contributed by atoms with Gasteiger partial charge in [-0.05, 0) is 42.5 Å². The topological polar surface area (TPSA) is 95.1 Å². The van der Waals surface area contributed by atoms with Crippen molar-refractivity contribution in [1.82, 2.24) is 14.9 Å². The Labute approximate surface area is 177 Å². The van der Waals surface area contributed by atoms with Crippen molar-refractivity contribution in [3.8, 4) is 5.75 Å². The number of halogens is 3. The molecule has 0 unspecified atom stereocenters. The van der Waals surface area contributed by atoms with Gasteiger partial charge in [0.2, 0.25) is 11.1 Å². The van der Waals surface area contributed by atoms with Gasteiger partial charge in [0, 0.05) is 4.47 Å². The Bertz CT molecular complexity index is 986. The summed E-state index contributed by atoms with van der Waals surface area (Å²) in [6.45, 7) is 0.0520. The summed E-state index contributed by atoms with van der Waals surface area (Å²) >= 11 is 10.5. The van der Waals surface area contributed by atoms with Crippen LogP contribution in [0.1, 0.15) is 5.82 Å². The van der Waals surface area contributed by atoms with Crippen LogP contribution in [0.15, 0.2) is 52.1 Å². The summed E-state index contributed by atoms with van der Waals surface area (Å²) in [7, 11) is 0. The van der Waals surface area contributed by atoms with Crippen molar-refractivity contribution < 1.29 is 13.9 Å². The fourth-order valence-electron chi connectivity index (χ4n) is 2.09. The molecule has 0 aliphatic heterocycles. The van der Waals surface area contributed by atoms with E-state index in [0.717, 1.165) is 16.2 Å². The number of rotatable bonds is 7. The second kappa shape index (κ2) is 9.26. The van der Waals surface area contributed by atoms with E-state index in [1.165, 1.54) is 28.9 Å². The SMILES string of the molecule is Nn1c(COc2ccc(F)cc2)nnc1SCC(=O)Nc1ccc(Br)cc1Cl. The maximum absolute atomic E-state index is 12.9. The average Bonchev–Trinajstić information content (AvgIpc) is 3.02. The van der Waals surface area contributed by atoms with Gasteiger partial charge in [0.1, 0.15) is 18.2 Å². The van der Waals surface area contributed by atoms with E-state index in [4.69, 9.17) is 22.2 Å². The molecule has 28 heavy (non-hydrogen) atoms. The summed E-state index contributed by atoms with van der Waals surface area (Å²) < 4.78 is 20.4. The number of hydrogen-bond donors (Lipinski definition) is 2. The van der Waals surface area contributed by atoms with Crippen LogP contribution in [0.5, 0.6) is 5.75 Å². The van der Waals surface area contributed by atoms with E-state index in [1.807, 2.05) is 0 Å². The summed E-state index contributed by atoms with van der Waals surface area (Å²) in [5.41, 5.74) is 0.512. The van der Waals surface area contributed by atoms with Crippen molar-refractivity contribution >= 4 is 50.9 Å². The number of ether oxygens (including phenoxy) is 1. The Hall–Kier alpha value is -2.30. The smallest absolute Gasteiger partial charge is 0.234 e. The lowest BCUT2D eigenvalue weighted by molar-refractivity contribution is -0.113. The molecule has 0 aliphatic rings. The molecule has 0 fully saturated rings. The quantitative estimate of drug-likeness (QED) is 0.389. The van der Waals surface area contributed by atoms with Crippen molar-refractivity contribution in [3.63, 3.8) is 0 Å². The van der Waals surface area contributed by atoms with Crippen molar-refractivity contribution in [2.45, 2.75) is 11.8 Å². The van der Waals surface area contributed by atoms with Crippen LogP contribution >= 0.6 is 39.3 Å². The van der Waals surface area contributed by atoms with Crippen molar-refractivity contribution in [2.24, 2.45) is 0 Å². The van der Waals surface area contributed by atoms with Gasteiger partial charge in [0.25, 0.3) is 0 Å². The van der Waals surface area contributed by atoms with E-state index in [1.54, 1.807) is 18.2 Å². The first kappa shape index (κ1) is 20.4. The molecule has 146 valence electrons. The lowest BCUT2D eigenvalue weighted by Crippen LogP contribution is -2.18. The molecular weight excluding hydrogens is 473 g/mol. The molecule has 2 aromatic carbocycles. The highest BCUT2D eigenvalue weighted by Crippen LogP contribution is 2.26. The fraction of sp³-hybridized carbons (Fsp3) is 0.118. The van der Waals surface area contributed by atoms with Gasteiger partial charge < -0.3 is 15.9 Å². The number of nitrogens with one attached hydrogen (secondary N) is 1. The zero-order valence-electron chi connectivity index (χ0n) is 14.2. The van der Waals surface area contributed by atoms with Gasteiger partial charge in [0.05, 0.1) is 16.5 Å². The number of anilines is 1. The largest absolute Gasteiger partial charge is 0.486 e. The summed E-state index contributed by atoms with van der Waals surface area (Å²) in [6, 6.07) is 10.7. The van der Waals surface area contributed by atoms with Crippen molar-refractivity contribution in [3.05, 3.63) is 63.6 Å². The summed E-state index contributed by atoms with van der Waals surface area (Å²) in [6.07, 6.45) is 0. The number of thioether (sulfide) groups is 1. The molecule has 11 heteroatoms. The highest BCUT2D eigenvalue weighted by molar-refractivity contribution is 9.10. The molecule has 0 atom stereocenters. The minimum atomic E-state index is -0.351. The summed E-state index contributed by atoms with van der Waals surface area (Å²) in [5, 5.41) is 11.4. The Morgan fingerprint density at radius 2 is 2.04 bits per heavy atom. The van der Waals surface area contributed by atoms with Gasteiger partial charge in [-0.2, -0.15) is 0 Å². The van der Waals surface area contributed by atoms with Crippen LogP contribution in [0.25, 0.3) is 0 Å². The Kier molecular flexibility index (Phi) is 6.76. The molecule has 0 saturated heterocycles. The van der Waals surface area contributed by atoms with Crippen molar-refractivity contribution in [2.75, 3.05) is 16.9 Å². The minimum absolute atomic E-state index is 0.0520. The number of hydrogen-bond acceptors (Lipinski definition) is 6. The second-order valence-electron chi connectivity index (χ2n) is 5.47. The summed E-state index contributed by atoms with van der Waals surface area (Å²) in [5.74, 6) is 6.24. The average molecular weight is 487 g/mol. The predicted octanol–water partition coefficient (Wildman–Crippen LogP) is 3.86. The standard InChI is InChI=1S/C17H14BrClFN5O2S/c18-10-1-6-14(13(19)7-10)22-16(26)9-28-17-24-23-15(25(17)21)8-27-12-4-2-11(20)3-5-12/h1-7H,8-9,21H2,(H,22,26). The second-order valence-corrected chi connectivity index (χ2v) is 7.74. The number of nitrogen functional groups attached to an aromatic ring is 1. The number of nitrogens with two attached hydrogens (primary N) is 1. The monoisotopic (exact) mass is 485 g/mol. The van der Waals surface area contributed by atoms with Crippen LogP contribution in [0, 0.1) is 5.82 Å². The van der Waals surface area contributed by atoms with Gasteiger partial charge in [-0.15, -0.1) is 10.2 Å². The van der Waals surface area contributed by atoms with E-state index in [0.29, 0.717) is 27.4 Å². The highest BCUT2D eigenvalue weighted by Gasteiger charge is 2.14. The van der Waals surface area contributed by atoms with E-state index in [-0.39, 0.29) is 24.1 Å². The Balaban J connectivity index is 1.53. The van der Waals surface area contributed by atoms with E-state index < -0.39 is 0 Å². The molecule has 7 nitrogen and oxygen atoms in total. The van der Waals surface area contributed by atoms with Crippen molar-refractivity contribution in [1.29, 1.82) is 0 Å².